The fourth-order valence-electron chi connectivity index (χ4n) is 9.14. The first-order chi connectivity index (χ1) is 37.5. The maximum Gasteiger partial charge on any atom is 0.481 e. The highest BCUT2D eigenvalue weighted by molar-refractivity contribution is 7.61. The average Bonchev–Trinajstić information content (AvgIpc) is 4.10. The molecule has 0 aliphatic carbocycles. The molecule has 2 aliphatic rings. The van der Waals surface area contributed by atoms with Crippen LogP contribution >= 0.6 is 15.6 Å². The third kappa shape index (κ3) is 32.4. The summed E-state index contributed by atoms with van der Waals surface area (Å²) in [6, 6.07) is 1.25. The number of carbonyl (C=O) groups is 2. The van der Waals surface area contributed by atoms with Gasteiger partial charge in [0.1, 0.15) is 30.7 Å². The Labute approximate surface area is 465 Å². The molecule has 78 heavy (non-hydrogen) atoms. The number of rotatable bonds is 48. The van der Waals surface area contributed by atoms with Gasteiger partial charge in [0.2, 0.25) is 0 Å². The molecule has 2 fully saturated rings. The summed E-state index contributed by atoms with van der Waals surface area (Å²) in [5.41, 5.74) is 4.60. The van der Waals surface area contributed by atoms with Crippen molar-refractivity contribution in [3.05, 3.63) is 59.2 Å². The highest BCUT2D eigenvalue weighted by atomic mass is 31.3. The van der Waals surface area contributed by atoms with Gasteiger partial charge >= 0.3 is 33.3 Å². The minimum atomic E-state index is -5.44. The second kappa shape index (κ2) is 41.0. The fraction of sp³-hybridized carbons (Fsp3) is 0.789. The molecule has 0 amide bonds. The number of epoxide rings is 1. The molecule has 21 heteroatoms. The quantitative estimate of drug-likeness (QED) is 0.0133. The number of anilines is 1. The standard InChI is InChI=1S/C57H99N3O16P2/c1-4-6-31-37-48-49(74-48)38-33-28-24-20-17-18-22-26-30-35-40-53(62)73-47(43-70-52(61)39-34-29-25-21-16-14-12-10-8-7-9-11-13-15-19-23-27-32-36-46(3)5-2)44-71-77(66,67)76-78(68,69)72-45-50-54(63)55(64)56(75-50)60-42-41-51(58)59-57(60)65/h17,20,22,26,28,33,41-42,46-50,54-56,63-64H,4-16,18-19,21,23-25,27,29-32,34-40,43-45H2,1-3H3,(H,66,67)(H,68,69)(H2,58,59,65)/b20-17-,26-22-,33-28-/t46?,47-,48?,49?,50-,54-,55-,56-/m1/s1. The van der Waals surface area contributed by atoms with Crippen molar-refractivity contribution in [1.29, 1.82) is 0 Å². The van der Waals surface area contributed by atoms with Crippen molar-refractivity contribution in [3.8, 4) is 0 Å². The van der Waals surface area contributed by atoms with Gasteiger partial charge in [0.25, 0.3) is 0 Å². The number of aliphatic hydroxyl groups excluding tert-OH is 2. The summed E-state index contributed by atoms with van der Waals surface area (Å²) in [6.07, 6.45) is 39.6. The van der Waals surface area contributed by atoms with Crippen LogP contribution in [0, 0.1) is 5.92 Å². The summed E-state index contributed by atoms with van der Waals surface area (Å²) in [6.45, 7) is 4.49. The lowest BCUT2D eigenvalue weighted by atomic mass is 9.99. The Hall–Kier alpha value is -3.06. The van der Waals surface area contributed by atoms with Crippen molar-refractivity contribution in [2.24, 2.45) is 5.92 Å². The number of esters is 2. The summed E-state index contributed by atoms with van der Waals surface area (Å²) in [5, 5.41) is 21.0. The molecule has 19 nitrogen and oxygen atoms in total. The van der Waals surface area contributed by atoms with Gasteiger partial charge in [-0.15, -0.1) is 0 Å². The SMILES string of the molecule is CCCCCC1OC1C/C=C\C/C=C\C/C=C\CCCC(=O)O[C@H](COC(=O)CCCCCCCCCCCCCCCCCCCCC(C)CC)COP(=O)(O)OP(=O)(O)OC[C@H]1O[C@@H](n2ccc(N)nc2=O)[C@H](O)[C@@H]1O. The van der Waals surface area contributed by atoms with Gasteiger partial charge in [-0.3, -0.25) is 23.2 Å². The summed E-state index contributed by atoms with van der Waals surface area (Å²) in [4.78, 5) is 62.2. The topological polar surface area (TPSA) is 278 Å². The summed E-state index contributed by atoms with van der Waals surface area (Å²) in [7, 11) is -10.9. The molecule has 3 heterocycles. The number of nitrogens with zero attached hydrogens (tertiary/aromatic N) is 2. The molecular formula is C57H99N3O16P2. The van der Waals surface area contributed by atoms with Crippen LogP contribution in [0.1, 0.15) is 226 Å². The lowest BCUT2D eigenvalue weighted by Crippen LogP contribution is -2.36. The number of unbranched alkanes of at least 4 members (excludes halogenated alkanes) is 20. The van der Waals surface area contributed by atoms with E-state index in [2.05, 4.69) is 54.4 Å². The van der Waals surface area contributed by atoms with Crippen molar-refractivity contribution < 1.29 is 71.0 Å². The van der Waals surface area contributed by atoms with E-state index < -0.39 is 83.7 Å². The van der Waals surface area contributed by atoms with E-state index in [9.17, 15) is 43.5 Å². The van der Waals surface area contributed by atoms with E-state index in [1.54, 1.807) is 0 Å². The number of ether oxygens (including phenoxy) is 4. The number of allylic oxidation sites excluding steroid dienone is 5. The molecule has 0 radical (unpaired) electrons. The summed E-state index contributed by atoms with van der Waals surface area (Å²) in [5.74, 6) is -0.487. The normalized spacial score (nSPS) is 21.8. The van der Waals surface area contributed by atoms with Gasteiger partial charge in [0, 0.05) is 19.0 Å². The van der Waals surface area contributed by atoms with Gasteiger partial charge in [-0.05, 0) is 56.9 Å². The molecule has 0 saturated carbocycles. The minimum Gasteiger partial charge on any atom is -0.462 e. The molecule has 0 bridgehead atoms. The molecule has 448 valence electrons. The van der Waals surface area contributed by atoms with Crippen molar-refractivity contribution in [3.63, 3.8) is 0 Å². The van der Waals surface area contributed by atoms with E-state index in [1.165, 1.54) is 122 Å². The van der Waals surface area contributed by atoms with E-state index in [0.29, 0.717) is 31.5 Å². The second-order valence-corrected chi connectivity index (χ2v) is 24.2. The number of aromatic nitrogens is 2. The van der Waals surface area contributed by atoms with E-state index in [1.807, 2.05) is 12.2 Å². The summed E-state index contributed by atoms with van der Waals surface area (Å²) >= 11 is 0. The molecule has 1 aromatic rings. The molecule has 0 aromatic carbocycles. The number of nitrogens with two attached hydrogens (primary N) is 1. The van der Waals surface area contributed by atoms with E-state index in [4.69, 9.17) is 33.7 Å². The Morgan fingerprint density at radius 3 is 1.86 bits per heavy atom. The second-order valence-electron chi connectivity index (χ2n) is 21.1. The number of carbonyl (C=O) groups excluding carboxylic acids is 2. The number of hydrogen-bond acceptors (Lipinski definition) is 16. The van der Waals surface area contributed by atoms with Crippen molar-refractivity contribution in [1.82, 2.24) is 9.55 Å². The first-order valence-electron chi connectivity index (χ1n) is 29.5. The average molecular weight is 1140 g/mol. The zero-order chi connectivity index (χ0) is 56.9. The first kappa shape index (κ1) is 69.2. The lowest BCUT2D eigenvalue weighted by molar-refractivity contribution is -0.161. The van der Waals surface area contributed by atoms with E-state index >= 15 is 0 Å². The van der Waals surface area contributed by atoms with Gasteiger partial charge in [0.15, 0.2) is 12.3 Å². The van der Waals surface area contributed by atoms with Crippen LogP contribution in [0.3, 0.4) is 0 Å². The van der Waals surface area contributed by atoms with Gasteiger partial charge < -0.3 is 44.7 Å². The number of nitrogen functional groups attached to an aromatic ring is 1. The Morgan fingerprint density at radius 1 is 0.692 bits per heavy atom. The van der Waals surface area contributed by atoms with E-state index in [0.717, 1.165) is 68.0 Å². The Morgan fingerprint density at radius 2 is 1.26 bits per heavy atom. The number of hydrogen-bond donors (Lipinski definition) is 5. The molecule has 2 saturated heterocycles. The Balaban J connectivity index is 1.35. The van der Waals surface area contributed by atoms with E-state index in [-0.39, 0.29) is 18.7 Å². The highest BCUT2D eigenvalue weighted by Gasteiger charge is 2.46. The molecule has 0 spiro atoms. The predicted octanol–water partition coefficient (Wildman–Crippen LogP) is 12.4. The molecule has 6 N–H and O–H groups in total. The predicted molar refractivity (Wildman–Crippen MR) is 302 cm³/mol. The van der Waals surface area contributed by atoms with Crippen LogP contribution in [0.15, 0.2) is 53.5 Å². The van der Waals surface area contributed by atoms with Crippen LogP contribution in [0.25, 0.3) is 0 Å². The maximum atomic E-state index is 12.9. The number of phosphoric acid groups is 2. The number of aliphatic hydroxyl groups is 2. The summed E-state index contributed by atoms with van der Waals surface area (Å²) < 4.78 is 62.7. The van der Waals surface area contributed by atoms with Crippen molar-refractivity contribution in [2.75, 3.05) is 25.6 Å². The van der Waals surface area contributed by atoms with Crippen LogP contribution in [-0.4, -0.2) is 97.9 Å². The lowest BCUT2D eigenvalue weighted by Gasteiger charge is -2.21. The zero-order valence-corrected chi connectivity index (χ0v) is 49.1. The fourth-order valence-corrected chi connectivity index (χ4v) is 11.3. The van der Waals surface area contributed by atoms with Crippen LogP contribution in [0.4, 0.5) is 5.82 Å². The Kier molecular flexibility index (Phi) is 36.4. The molecule has 2 aliphatic heterocycles. The third-order valence-corrected chi connectivity index (χ3v) is 16.8. The zero-order valence-electron chi connectivity index (χ0n) is 47.3. The largest absolute Gasteiger partial charge is 0.481 e. The van der Waals surface area contributed by atoms with Crippen molar-refractivity contribution in [2.45, 2.75) is 263 Å². The Bertz CT molecular complexity index is 2040. The third-order valence-electron chi connectivity index (χ3n) is 14.2. The smallest absolute Gasteiger partial charge is 0.462 e. The van der Waals surface area contributed by atoms with Gasteiger partial charge in [0.05, 0.1) is 25.4 Å². The van der Waals surface area contributed by atoms with Crippen LogP contribution < -0.4 is 11.4 Å². The molecular weight excluding hydrogens is 1040 g/mol. The molecule has 3 rings (SSSR count). The highest BCUT2D eigenvalue weighted by Crippen LogP contribution is 2.60. The van der Waals surface area contributed by atoms with Crippen LogP contribution in [-0.2, 0) is 51.0 Å². The molecule has 5 unspecified atom stereocenters. The van der Waals surface area contributed by atoms with Crippen LogP contribution in [0.2, 0.25) is 0 Å². The molecule has 1 aromatic heterocycles. The van der Waals surface area contributed by atoms with Gasteiger partial charge in [-0.1, -0.05) is 198 Å². The first-order valence-corrected chi connectivity index (χ1v) is 32.5. The maximum absolute atomic E-state index is 12.9. The monoisotopic (exact) mass is 1140 g/mol. The number of phosphoric ester groups is 2. The van der Waals surface area contributed by atoms with Gasteiger partial charge in [-0.2, -0.15) is 9.29 Å². The minimum absolute atomic E-state index is 0.0280. The van der Waals surface area contributed by atoms with Gasteiger partial charge in [-0.25, -0.2) is 13.9 Å². The van der Waals surface area contributed by atoms with Crippen LogP contribution in [0.5, 0.6) is 0 Å². The molecule has 10 atom stereocenters. The van der Waals surface area contributed by atoms with Crippen molar-refractivity contribution >= 4 is 33.4 Å².